The predicted molar refractivity (Wildman–Crippen MR) is 68.6 cm³/mol. The van der Waals surface area contributed by atoms with Crippen LogP contribution in [-0.2, 0) is 0 Å². The molecular weight excluding hydrogens is 292 g/mol. The van der Waals surface area contributed by atoms with Gasteiger partial charge in [-0.3, -0.25) is 5.43 Å². The lowest BCUT2D eigenvalue weighted by Gasteiger charge is -2.08. The van der Waals surface area contributed by atoms with Crippen molar-refractivity contribution in [2.24, 2.45) is 11.6 Å². The second-order valence-electron chi connectivity index (χ2n) is 2.74. The quantitative estimate of drug-likeness (QED) is 0.275. The third-order valence-corrected chi connectivity index (χ3v) is 2.33. The number of primary amides is 1. The molecule has 17 heavy (non-hydrogen) atoms. The van der Waals surface area contributed by atoms with Crippen molar-refractivity contribution in [1.82, 2.24) is 5.43 Å². The van der Waals surface area contributed by atoms with Gasteiger partial charge in [-0.25, -0.2) is 10.6 Å². The number of ether oxygens (including phenoxy) is 2. The van der Waals surface area contributed by atoms with Crippen molar-refractivity contribution >= 4 is 27.6 Å². The Morgan fingerprint density at radius 3 is 2.06 bits per heavy atom. The standard InChI is InChI=1S/C8H10BrNO2.CH5N3O/c1-11-7-3-5(9)6(10)4-8(7)12-2;2-1(5)4-3/h3-4H,10H2,1-2H3;3H2,(H3,2,4,5). The lowest BCUT2D eigenvalue weighted by atomic mass is 10.3. The molecule has 0 aliphatic carbocycles. The first-order chi connectivity index (χ1) is 7.96. The van der Waals surface area contributed by atoms with Gasteiger partial charge in [0.25, 0.3) is 0 Å². The average Bonchev–Trinajstić information content (AvgIpc) is 2.32. The number of rotatable bonds is 2. The van der Waals surface area contributed by atoms with Gasteiger partial charge < -0.3 is 20.9 Å². The van der Waals surface area contributed by atoms with Gasteiger partial charge in [0.1, 0.15) is 0 Å². The molecular formula is C9H15BrN4O3. The van der Waals surface area contributed by atoms with Crippen molar-refractivity contribution < 1.29 is 14.3 Å². The maximum absolute atomic E-state index is 9.35. The number of methoxy groups -OCH3 is 2. The number of carbonyl (C=O) groups is 1. The molecule has 96 valence electrons. The minimum atomic E-state index is -0.718. The summed E-state index contributed by atoms with van der Waals surface area (Å²) in [6, 6.07) is 2.77. The van der Waals surface area contributed by atoms with E-state index in [1.807, 2.05) is 0 Å². The summed E-state index contributed by atoms with van der Waals surface area (Å²) in [6.45, 7) is 0. The van der Waals surface area contributed by atoms with Crippen molar-refractivity contribution in [2.75, 3.05) is 20.0 Å². The van der Waals surface area contributed by atoms with E-state index < -0.39 is 6.03 Å². The molecule has 7 N–H and O–H groups in total. The molecule has 2 amide bonds. The SMILES string of the molecule is COc1cc(N)c(Br)cc1OC.NNC(N)=O. The van der Waals surface area contributed by atoms with Crippen LogP contribution < -0.4 is 32.2 Å². The normalized spacial score (nSPS) is 8.71. The molecule has 0 saturated carbocycles. The van der Waals surface area contributed by atoms with Gasteiger partial charge in [0, 0.05) is 22.3 Å². The second-order valence-corrected chi connectivity index (χ2v) is 3.59. The predicted octanol–water partition coefficient (Wildman–Crippen LogP) is 0.577. The molecule has 0 heterocycles. The van der Waals surface area contributed by atoms with Crippen LogP contribution in [0.4, 0.5) is 10.5 Å². The van der Waals surface area contributed by atoms with Crippen LogP contribution in [0.25, 0.3) is 0 Å². The van der Waals surface area contributed by atoms with E-state index in [1.165, 1.54) is 0 Å². The number of carbonyl (C=O) groups excluding carboxylic acids is 1. The molecule has 8 heteroatoms. The fourth-order valence-electron chi connectivity index (χ4n) is 0.870. The number of benzene rings is 1. The maximum atomic E-state index is 9.35. The number of nitrogens with one attached hydrogen (secondary N) is 1. The summed E-state index contributed by atoms with van der Waals surface area (Å²) in [5, 5.41) is 0. The third kappa shape index (κ3) is 5.27. The summed E-state index contributed by atoms with van der Waals surface area (Å²) >= 11 is 3.29. The highest BCUT2D eigenvalue weighted by atomic mass is 79.9. The van der Waals surface area contributed by atoms with Crippen LogP contribution >= 0.6 is 15.9 Å². The van der Waals surface area contributed by atoms with E-state index in [0.717, 1.165) is 4.47 Å². The van der Waals surface area contributed by atoms with Crippen LogP contribution in [0.2, 0.25) is 0 Å². The zero-order chi connectivity index (χ0) is 13.4. The molecule has 0 aliphatic rings. The van der Waals surface area contributed by atoms with Crippen molar-refractivity contribution in [2.45, 2.75) is 0 Å². The summed E-state index contributed by atoms with van der Waals surface area (Å²) in [7, 11) is 3.16. The van der Waals surface area contributed by atoms with E-state index in [4.69, 9.17) is 15.2 Å². The van der Waals surface area contributed by atoms with E-state index in [2.05, 4.69) is 27.5 Å². The van der Waals surface area contributed by atoms with Gasteiger partial charge in [0.05, 0.1) is 14.2 Å². The molecule has 0 radical (unpaired) electrons. The molecule has 0 unspecified atom stereocenters. The average molecular weight is 307 g/mol. The minimum absolute atomic E-state index is 0.632. The zero-order valence-corrected chi connectivity index (χ0v) is 11.1. The summed E-state index contributed by atoms with van der Waals surface area (Å²) in [4.78, 5) is 9.35. The molecule has 0 bridgehead atoms. The Kier molecular flexibility index (Phi) is 6.83. The number of anilines is 1. The smallest absolute Gasteiger partial charge is 0.326 e. The van der Waals surface area contributed by atoms with Gasteiger partial charge in [0.15, 0.2) is 11.5 Å². The lowest BCUT2D eigenvalue weighted by molar-refractivity contribution is 0.249. The molecule has 0 spiro atoms. The van der Waals surface area contributed by atoms with Crippen LogP contribution in [0.5, 0.6) is 11.5 Å². The minimum Gasteiger partial charge on any atom is -0.493 e. The Labute approximate surface area is 107 Å². The summed E-state index contributed by atoms with van der Waals surface area (Å²) in [6.07, 6.45) is 0. The number of hydrogen-bond donors (Lipinski definition) is 4. The number of hydrazine groups is 1. The number of halogens is 1. The molecule has 1 aromatic rings. The highest BCUT2D eigenvalue weighted by molar-refractivity contribution is 9.10. The Hall–Kier alpha value is -1.67. The van der Waals surface area contributed by atoms with Crippen LogP contribution in [-0.4, -0.2) is 20.3 Å². The largest absolute Gasteiger partial charge is 0.493 e. The van der Waals surface area contributed by atoms with Gasteiger partial charge in [-0.2, -0.15) is 0 Å². The Morgan fingerprint density at radius 2 is 1.71 bits per heavy atom. The molecule has 0 fully saturated rings. The molecule has 1 rings (SSSR count). The van der Waals surface area contributed by atoms with E-state index >= 15 is 0 Å². The number of nitrogens with two attached hydrogens (primary N) is 3. The summed E-state index contributed by atoms with van der Waals surface area (Å²) < 4.78 is 10.9. The van der Waals surface area contributed by atoms with Gasteiger partial charge in [-0.15, -0.1) is 0 Å². The van der Waals surface area contributed by atoms with Gasteiger partial charge in [-0.05, 0) is 15.9 Å². The Balaban J connectivity index is 0.000000437. The Morgan fingerprint density at radius 1 is 1.29 bits per heavy atom. The molecule has 0 aromatic heterocycles. The summed E-state index contributed by atoms with van der Waals surface area (Å²) in [5.74, 6) is 5.75. The van der Waals surface area contributed by atoms with Gasteiger partial charge in [-0.1, -0.05) is 0 Å². The first-order valence-corrected chi connectivity index (χ1v) is 5.18. The second kappa shape index (κ2) is 7.58. The highest BCUT2D eigenvalue weighted by Crippen LogP contribution is 2.34. The number of amides is 2. The Bertz CT molecular complexity index is 358. The van der Waals surface area contributed by atoms with Crippen LogP contribution in [0.15, 0.2) is 16.6 Å². The van der Waals surface area contributed by atoms with E-state index in [-0.39, 0.29) is 0 Å². The van der Waals surface area contributed by atoms with Crippen LogP contribution in [0, 0.1) is 0 Å². The fourth-order valence-corrected chi connectivity index (χ4v) is 1.19. The number of urea groups is 1. The van der Waals surface area contributed by atoms with Gasteiger partial charge in [0.2, 0.25) is 0 Å². The molecule has 0 saturated heterocycles. The highest BCUT2D eigenvalue weighted by Gasteiger charge is 2.06. The number of nitrogen functional groups attached to an aromatic ring is 1. The van der Waals surface area contributed by atoms with Crippen LogP contribution in [0.1, 0.15) is 0 Å². The molecule has 7 nitrogen and oxygen atoms in total. The molecule has 1 aromatic carbocycles. The maximum Gasteiger partial charge on any atom is 0.326 e. The fraction of sp³-hybridized carbons (Fsp3) is 0.222. The van der Waals surface area contributed by atoms with Crippen molar-refractivity contribution in [3.8, 4) is 11.5 Å². The zero-order valence-electron chi connectivity index (χ0n) is 9.49. The lowest BCUT2D eigenvalue weighted by Crippen LogP contribution is -2.34. The van der Waals surface area contributed by atoms with E-state index in [9.17, 15) is 4.79 Å². The van der Waals surface area contributed by atoms with Gasteiger partial charge >= 0.3 is 6.03 Å². The van der Waals surface area contributed by atoms with Crippen molar-refractivity contribution in [3.63, 3.8) is 0 Å². The van der Waals surface area contributed by atoms with E-state index in [0.29, 0.717) is 17.2 Å². The van der Waals surface area contributed by atoms with Crippen molar-refractivity contribution in [3.05, 3.63) is 16.6 Å². The third-order valence-electron chi connectivity index (χ3n) is 1.65. The van der Waals surface area contributed by atoms with Crippen LogP contribution in [0.3, 0.4) is 0 Å². The van der Waals surface area contributed by atoms with Crippen molar-refractivity contribution in [1.29, 1.82) is 0 Å². The topological polar surface area (TPSA) is 126 Å². The monoisotopic (exact) mass is 306 g/mol. The molecule has 0 aliphatic heterocycles. The first-order valence-electron chi connectivity index (χ1n) is 4.39. The number of hydrogen-bond acceptors (Lipinski definition) is 5. The molecule has 0 atom stereocenters. The van der Waals surface area contributed by atoms with E-state index in [1.54, 1.807) is 31.8 Å². The summed E-state index contributed by atoms with van der Waals surface area (Å²) in [5.41, 5.74) is 12.4. The first kappa shape index (κ1) is 15.3.